The maximum atomic E-state index is 5.33. The summed E-state index contributed by atoms with van der Waals surface area (Å²) in [6.45, 7) is 6.27. The van der Waals surface area contributed by atoms with Gasteiger partial charge in [0.05, 0.1) is 7.11 Å². The van der Waals surface area contributed by atoms with Gasteiger partial charge >= 0.3 is 0 Å². The van der Waals surface area contributed by atoms with Crippen LogP contribution in [0, 0.1) is 5.92 Å². The summed E-state index contributed by atoms with van der Waals surface area (Å²) in [7, 11) is 1.76. The lowest BCUT2D eigenvalue weighted by Gasteiger charge is -2.31. The molecule has 0 aromatic heterocycles. The van der Waals surface area contributed by atoms with Gasteiger partial charge in [0.1, 0.15) is 5.76 Å². The van der Waals surface area contributed by atoms with Crippen LogP contribution in [0.4, 0.5) is 0 Å². The fourth-order valence-electron chi connectivity index (χ4n) is 1.80. The second-order valence-corrected chi connectivity index (χ2v) is 3.39. The maximum absolute atomic E-state index is 5.33. The topological polar surface area (TPSA) is 21.3 Å². The van der Waals surface area contributed by atoms with Gasteiger partial charge < -0.3 is 10.1 Å². The highest BCUT2D eigenvalue weighted by Gasteiger charge is 2.24. The van der Waals surface area contributed by atoms with E-state index in [-0.39, 0.29) is 0 Å². The molecule has 0 unspecified atom stereocenters. The average Bonchev–Trinajstić information content (AvgIpc) is 2.19. The van der Waals surface area contributed by atoms with E-state index in [2.05, 4.69) is 17.5 Å². The molecule has 0 radical (unpaired) electrons. The fraction of sp³-hybridized carbons (Fsp3) is 0.667. The molecule has 2 heteroatoms. The average molecular weight is 195 g/mol. The van der Waals surface area contributed by atoms with Crippen molar-refractivity contribution < 1.29 is 4.74 Å². The molecule has 2 aliphatic rings. The van der Waals surface area contributed by atoms with Crippen molar-refractivity contribution in [2.75, 3.05) is 20.2 Å². The normalized spacial score (nSPS) is 21.1. The zero-order chi connectivity index (χ0) is 10.4. The standard InChI is InChI=1S/C10H15NO.C2H6/c1-12-10-5-3-2-4-9(10)8-6-11-7-8;1-2/h3,5,8,11H,2,4,6-7H2,1H3;1-2H3. The molecule has 80 valence electrons. The molecule has 1 N–H and O–H groups in total. The first-order valence-corrected chi connectivity index (χ1v) is 5.56. The smallest absolute Gasteiger partial charge is 0.118 e. The Hall–Kier alpha value is -0.760. The predicted octanol–water partition coefficient (Wildman–Crippen LogP) is 2.48. The van der Waals surface area contributed by atoms with E-state index in [1.165, 1.54) is 18.4 Å². The van der Waals surface area contributed by atoms with Crippen LogP contribution in [0.5, 0.6) is 0 Å². The van der Waals surface area contributed by atoms with Crippen molar-refractivity contribution in [3.8, 4) is 0 Å². The quantitative estimate of drug-likeness (QED) is 0.731. The lowest BCUT2D eigenvalue weighted by Crippen LogP contribution is -2.43. The largest absolute Gasteiger partial charge is 0.497 e. The monoisotopic (exact) mass is 195 g/mol. The van der Waals surface area contributed by atoms with Crippen LogP contribution in [-0.2, 0) is 4.74 Å². The van der Waals surface area contributed by atoms with Crippen molar-refractivity contribution >= 4 is 0 Å². The Morgan fingerprint density at radius 1 is 1.36 bits per heavy atom. The van der Waals surface area contributed by atoms with Gasteiger partial charge in [0.25, 0.3) is 0 Å². The SMILES string of the molecule is CC.COC1=C(C2CNC2)CCC=C1. The number of nitrogens with one attached hydrogen (secondary N) is 1. The van der Waals surface area contributed by atoms with Gasteiger partial charge in [-0.1, -0.05) is 19.9 Å². The highest BCUT2D eigenvalue weighted by atomic mass is 16.5. The van der Waals surface area contributed by atoms with Crippen molar-refractivity contribution in [1.82, 2.24) is 5.32 Å². The predicted molar refractivity (Wildman–Crippen MR) is 60.1 cm³/mol. The molecule has 0 spiro atoms. The van der Waals surface area contributed by atoms with E-state index in [4.69, 9.17) is 4.74 Å². The van der Waals surface area contributed by atoms with Gasteiger partial charge in [0.15, 0.2) is 0 Å². The Labute approximate surface area is 87.0 Å². The van der Waals surface area contributed by atoms with Crippen LogP contribution in [-0.4, -0.2) is 20.2 Å². The fourth-order valence-corrected chi connectivity index (χ4v) is 1.80. The summed E-state index contributed by atoms with van der Waals surface area (Å²) in [5.74, 6) is 1.85. The Kier molecular flexibility index (Phi) is 4.74. The van der Waals surface area contributed by atoms with Crippen molar-refractivity contribution in [2.24, 2.45) is 5.92 Å². The molecule has 0 saturated carbocycles. The van der Waals surface area contributed by atoms with Crippen LogP contribution in [0.2, 0.25) is 0 Å². The highest BCUT2D eigenvalue weighted by Crippen LogP contribution is 2.28. The van der Waals surface area contributed by atoms with Crippen LogP contribution >= 0.6 is 0 Å². The number of hydrogen-bond acceptors (Lipinski definition) is 2. The molecule has 2 rings (SSSR count). The first kappa shape index (κ1) is 11.3. The number of rotatable bonds is 2. The van der Waals surface area contributed by atoms with E-state index in [1.54, 1.807) is 7.11 Å². The Morgan fingerprint density at radius 2 is 2.07 bits per heavy atom. The minimum Gasteiger partial charge on any atom is -0.497 e. The molecule has 0 amide bonds. The summed E-state index contributed by atoms with van der Waals surface area (Å²) in [4.78, 5) is 0. The number of methoxy groups -OCH3 is 1. The van der Waals surface area contributed by atoms with Gasteiger partial charge in [-0.05, 0) is 24.5 Å². The number of allylic oxidation sites excluding steroid dienone is 2. The minimum atomic E-state index is 0.741. The molecule has 2 nitrogen and oxygen atoms in total. The van der Waals surface area contributed by atoms with E-state index >= 15 is 0 Å². The second kappa shape index (κ2) is 5.86. The Balaban J connectivity index is 0.000000461. The molecule has 1 aliphatic carbocycles. The molecule has 0 bridgehead atoms. The number of hydrogen-bond donors (Lipinski definition) is 1. The molecule has 1 saturated heterocycles. The lowest BCUT2D eigenvalue weighted by molar-refractivity contribution is 0.280. The van der Waals surface area contributed by atoms with Crippen LogP contribution < -0.4 is 5.32 Å². The van der Waals surface area contributed by atoms with Crippen LogP contribution in [0.1, 0.15) is 26.7 Å². The van der Waals surface area contributed by atoms with Crippen LogP contribution in [0.25, 0.3) is 0 Å². The van der Waals surface area contributed by atoms with Gasteiger partial charge in [-0.2, -0.15) is 0 Å². The molecule has 1 heterocycles. The molecule has 0 aromatic rings. The first-order chi connectivity index (χ1) is 6.92. The maximum Gasteiger partial charge on any atom is 0.118 e. The van der Waals surface area contributed by atoms with Gasteiger partial charge in [-0.15, -0.1) is 0 Å². The lowest BCUT2D eigenvalue weighted by atomic mass is 9.87. The summed E-state index contributed by atoms with van der Waals surface area (Å²) in [6, 6.07) is 0. The van der Waals surface area contributed by atoms with E-state index in [9.17, 15) is 0 Å². The molecular weight excluding hydrogens is 174 g/mol. The highest BCUT2D eigenvalue weighted by molar-refractivity contribution is 5.28. The molecule has 14 heavy (non-hydrogen) atoms. The van der Waals surface area contributed by atoms with E-state index in [0.717, 1.165) is 24.8 Å². The molecule has 0 atom stereocenters. The van der Waals surface area contributed by atoms with Gasteiger partial charge in [0, 0.05) is 19.0 Å². The van der Waals surface area contributed by atoms with Crippen molar-refractivity contribution in [2.45, 2.75) is 26.7 Å². The van der Waals surface area contributed by atoms with Crippen molar-refractivity contribution in [1.29, 1.82) is 0 Å². The zero-order valence-corrected chi connectivity index (χ0v) is 9.47. The van der Waals surface area contributed by atoms with Crippen LogP contribution in [0.15, 0.2) is 23.5 Å². The number of ether oxygens (including phenoxy) is 1. The summed E-state index contributed by atoms with van der Waals surface area (Å²) in [6.07, 6.45) is 6.66. The third-order valence-corrected chi connectivity index (χ3v) is 2.66. The Morgan fingerprint density at radius 3 is 2.57 bits per heavy atom. The van der Waals surface area contributed by atoms with E-state index < -0.39 is 0 Å². The second-order valence-electron chi connectivity index (χ2n) is 3.39. The summed E-state index contributed by atoms with van der Waals surface area (Å²) < 4.78 is 5.33. The summed E-state index contributed by atoms with van der Waals surface area (Å²) in [5, 5.41) is 3.29. The molecular formula is C12H21NO. The first-order valence-electron chi connectivity index (χ1n) is 5.56. The van der Waals surface area contributed by atoms with E-state index in [1.807, 2.05) is 13.8 Å². The minimum absolute atomic E-state index is 0.741. The van der Waals surface area contributed by atoms with Crippen molar-refractivity contribution in [3.05, 3.63) is 23.5 Å². The van der Waals surface area contributed by atoms with E-state index in [0.29, 0.717) is 0 Å². The Bertz CT molecular complexity index is 226. The van der Waals surface area contributed by atoms with Gasteiger partial charge in [-0.25, -0.2) is 0 Å². The third kappa shape index (κ3) is 2.38. The van der Waals surface area contributed by atoms with Gasteiger partial charge in [-0.3, -0.25) is 0 Å². The molecule has 1 fully saturated rings. The van der Waals surface area contributed by atoms with Gasteiger partial charge in [0.2, 0.25) is 0 Å². The zero-order valence-electron chi connectivity index (χ0n) is 9.47. The summed E-state index contributed by atoms with van der Waals surface area (Å²) in [5.41, 5.74) is 1.51. The molecule has 0 aromatic carbocycles. The van der Waals surface area contributed by atoms with Crippen molar-refractivity contribution in [3.63, 3.8) is 0 Å². The van der Waals surface area contributed by atoms with Crippen LogP contribution in [0.3, 0.4) is 0 Å². The third-order valence-electron chi connectivity index (χ3n) is 2.66. The molecule has 1 aliphatic heterocycles. The summed E-state index contributed by atoms with van der Waals surface area (Å²) >= 11 is 0.